The van der Waals surface area contributed by atoms with E-state index in [0.717, 1.165) is 24.0 Å². The van der Waals surface area contributed by atoms with Crippen LogP contribution in [0.2, 0.25) is 0 Å². The molecule has 2 saturated heterocycles. The molecule has 0 radical (unpaired) electrons. The van der Waals surface area contributed by atoms with Gasteiger partial charge in [-0.2, -0.15) is 5.10 Å². The Morgan fingerprint density at radius 2 is 1.97 bits per heavy atom. The lowest BCUT2D eigenvalue weighted by atomic mass is 9.80. The monoisotopic (exact) mass is 523 g/mol. The first kappa shape index (κ1) is 25.9. The Morgan fingerprint density at radius 1 is 1.18 bits per heavy atom. The molecule has 2 aliphatic heterocycles. The van der Waals surface area contributed by atoms with Gasteiger partial charge < -0.3 is 14.7 Å². The van der Waals surface area contributed by atoms with Crippen LogP contribution >= 0.6 is 0 Å². The van der Waals surface area contributed by atoms with E-state index < -0.39 is 29.9 Å². The van der Waals surface area contributed by atoms with Crippen LogP contribution in [0.1, 0.15) is 46.5 Å². The fourth-order valence-electron chi connectivity index (χ4n) is 5.49. The van der Waals surface area contributed by atoms with Crippen molar-refractivity contribution in [2.75, 3.05) is 11.9 Å². The number of aromatic hydroxyl groups is 1. The lowest BCUT2D eigenvalue weighted by Crippen LogP contribution is -2.65. The first-order valence-electron chi connectivity index (χ1n) is 12.9. The molecule has 4 atom stereocenters. The lowest BCUT2D eigenvalue weighted by molar-refractivity contribution is -0.0468. The number of anilines is 1. The molecule has 4 heterocycles. The molecule has 10 nitrogen and oxygen atoms in total. The molecule has 0 unspecified atom stereocenters. The SMILES string of the molecule is CN(c1ncc(-c2ccc(-c3cnn(C)c3)cc2O)nn1)[C@@H]1C[C@@H]2CCC[C@H]([C@@H]1F)N2C(=O)OC(C)(C)C. The molecule has 1 aromatic carbocycles. The second kappa shape index (κ2) is 9.85. The van der Waals surface area contributed by atoms with Crippen molar-refractivity contribution in [2.45, 2.75) is 76.4 Å². The number of phenolic OH excluding ortho intramolecular Hbond substituents is 1. The Hall–Kier alpha value is -3.76. The molecule has 3 aromatic rings. The summed E-state index contributed by atoms with van der Waals surface area (Å²) in [5, 5.41) is 23.3. The van der Waals surface area contributed by atoms with Crippen LogP contribution in [0.3, 0.4) is 0 Å². The molecule has 5 rings (SSSR count). The Kier molecular flexibility index (Phi) is 6.70. The zero-order valence-corrected chi connectivity index (χ0v) is 22.4. The van der Waals surface area contributed by atoms with Crippen LogP contribution in [0.5, 0.6) is 5.75 Å². The molecular formula is C27H34FN7O3. The van der Waals surface area contributed by atoms with Crippen molar-refractivity contribution >= 4 is 12.0 Å². The second-order valence-electron chi connectivity index (χ2n) is 11.2. The van der Waals surface area contributed by atoms with Crippen LogP contribution in [0, 0.1) is 0 Å². The number of nitrogens with zero attached hydrogens (tertiary/aromatic N) is 7. The number of carbonyl (C=O) groups excluding carboxylic acids is 1. The number of benzene rings is 1. The normalized spacial score (nSPS) is 23.3. The maximum atomic E-state index is 15.9. The van der Waals surface area contributed by atoms with Crippen molar-refractivity contribution in [2.24, 2.45) is 7.05 Å². The summed E-state index contributed by atoms with van der Waals surface area (Å²) >= 11 is 0. The Balaban J connectivity index is 1.32. The molecule has 2 aliphatic rings. The number of rotatable bonds is 4. The van der Waals surface area contributed by atoms with Crippen LogP contribution in [0.4, 0.5) is 15.1 Å². The number of phenols is 1. The van der Waals surface area contributed by atoms with E-state index in [4.69, 9.17) is 4.74 Å². The highest BCUT2D eigenvalue weighted by molar-refractivity contribution is 5.73. The van der Waals surface area contributed by atoms with Crippen LogP contribution in [-0.4, -0.2) is 78.0 Å². The van der Waals surface area contributed by atoms with Crippen molar-refractivity contribution in [3.05, 3.63) is 36.8 Å². The summed E-state index contributed by atoms with van der Waals surface area (Å²) in [6.07, 6.45) is 6.11. The average molecular weight is 524 g/mol. The van der Waals surface area contributed by atoms with Crippen LogP contribution in [-0.2, 0) is 11.8 Å². The van der Waals surface area contributed by atoms with Gasteiger partial charge in [0.15, 0.2) is 0 Å². The summed E-state index contributed by atoms with van der Waals surface area (Å²) in [5.41, 5.74) is 1.98. The summed E-state index contributed by atoms with van der Waals surface area (Å²) in [7, 11) is 3.59. The highest BCUT2D eigenvalue weighted by Gasteiger charge is 2.50. The van der Waals surface area contributed by atoms with Gasteiger partial charge in [-0.25, -0.2) is 14.2 Å². The Bertz CT molecular complexity index is 1310. The number of piperidine rings is 2. The maximum absolute atomic E-state index is 15.9. The molecule has 38 heavy (non-hydrogen) atoms. The molecule has 0 saturated carbocycles. The predicted molar refractivity (Wildman–Crippen MR) is 140 cm³/mol. The molecule has 2 aromatic heterocycles. The molecule has 1 amide bonds. The highest BCUT2D eigenvalue weighted by atomic mass is 19.1. The number of aryl methyl sites for hydroxylation is 1. The van der Waals surface area contributed by atoms with E-state index in [2.05, 4.69) is 20.3 Å². The number of alkyl halides is 1. The fourth-order valence-corrected chi connectivity index (χ4v) is 5.49. The Morgan fingerprint density at radius 3 is 2.61 bits per heavy atom. The molecule has 11 heteroatoms. The molecule has 0 spiro atoms. The summed E-state index contributed by atoms with van der Waals surface area (Å²) in [5.74, 6) is 0.339. The number of hydrogen-bond acceptors (Lipinski definition) is 8. The molecule has 0 aliphatic carbocycles. The van der Waals surface area contributed by atoms with Gasteiger partial charge in [-0.15, -0.1) is 10.2 Å². The number of fused-ring (bicyclic) bond motifs is 2. The van der Waals surface area contributed by atoms with E-state index in [1.165, 1.54) is 6.20 Å². The predicted octanol–water partition coefficient (Wildman–Crippen LogP) is 4.35. The topological polar surface area (TPSA) is 110 Å². The van der Waals surface area contributed by atoms with Crippen molar-refractivity contribution in [1.82, 2.24) is 29.9 Å². The minimum Gasteiger partial charge on any atom is -0.507 e. The standard InChI is InChI=1S/C27H34FN7O3/c1-27(2,3)38-26(37)35-18-7-6-8-21(35)24(28)22(12-18)34(5)25-29-14-20(31-32-25)19-10-9-16(11-23(19)36)17-13-30-33(4)15-17/h9-11,13-15,18,21-22,24,36H,6-8,12H2,1-5H3/t18-,21+,22+,24-/m0/s1. The highest BCUT2D eigenvalue weighted by Crippen LogP contribution is 2.39. The molecule has 202 valence electrons. The molecular weight excluding hydrogens is 489 g/mol. The fraction of sp³-hybridized carbons (Fsp3) is 0.519. The summed E-state index contributed by atoms with van der Waals surface area (Å²) in [4.78, 5) is 20.7. The van der Waals surface area contributed by atoms with Gasteiger partial charge in [0.05, 0.1) is 24.5 Å². The van der Waals surface area contributed by atoms with Gasteiger partial charge in [0, 0.05) is 37.5 Å². The zero-order valence-electron chi connectivity index (χ0n) is 22.4. The number of hydrogen-bond donors (Lipinski definition) is 1. The van der Waals surface area contributed by atoms with Crippen LogP contribution in [0.25, 0.3) is 22.4 Å². The number of halogens is 1. The summed E-state index contributed by atoms with van der Waals surface area (Å²) < 4.78 is 23.2. The van der Waals surface area contributed by atoms with Crippen molar-refractivity contribution < 1.29 is 19.0 Å². The zero-order chi connectivity index (χ0) is 27.2. The Labute approximate surface area is 221 Å². The largest absolute Gasteiger partial charge is 0.507 e. The summed E-state index contributed by atoms with van der Waals surface area (Å²) in [6, 6.07) is 4.14. The smallest absolute Gasteiger partial charge is 0.410 e. The van der Waals surface area contributed by atoms with Crippen LogP contribution < -0.4 is 4.90 Å². The quantitative estimate of drug-likeness (QED) is 0.538. The van der Waals surface area contributed by atoms with Gasteiger partial charge in [-0.3, -0.25) is 9.58 Å². The lowest BCUT2D eigenvalue weighted by Gasteiger charge is -2.51. The first-order valence-corrected chi connectivity index (χ1v) is 12.9. The van der Waals surface area contributed by atoms with E-state index in [1.54, 1.807) is 39.9 Å². The van der Waals surface area contributed by atoms with E-state index in [-0.39, 0.29) is 17.7 Å². The van der Waals surface area contributed by atoms with Crippen LogP contribution in [0.15, 0.2) is 36.8 Å². The molecule has 2 fully saturated rings. The minimum atomic E-state index is -1.28. The van der Waals surface area contributed by atoms with Gasteiger partial charge in [0.25, 0.3) is 0 Å². The molecule has 2 bridgehead atoms. The van der Waals surface area contributed by atoms with Gasteiger partial charge in [0.1, 0.15) is 23.2 Å². The van der Waals surface area contributed by atoms with E-state index in [1.807, 2.05) is 40.1 Å². The van der Waals surface area contributed by atoms with Crippen molar-refractivity contribution in [3.8, 4) is 28.1 Å². The number of ether oxygens (including phenoxy) is 1. The maximum Gasteiger partial charge on any atom is 0.410 e. The second-order valence-corrected chi connectivity index (χ2v) is 11.2. The number of aromatic nitrogens is 5. The van der Waals surface area contributed by atoms with Crippen molar-refractivity contribution in [3.63, 3.8) is 0 Å². The van der Waals surface area contributed by atoms with Gasteiger partial charge in [0.2, 0.25) is 5.95 Å². The number of carbonyl (C=O) groups is 1. The van der Waals surface area contributed by atoms with Gasteiger partial charge >= 0.3 is 6.09 Å². The first-order chi connectivity index (χ1) is 18.0. The third-order valence-electron chi connectivity index (χ3n) is 7.32. The van der Waals surface area contributed by atoms with Crippen molar-refractivity contribution in [1.29, 1.82) is 0 Å². The minimum absolute atomic E-state index is 0.0507. The molecule has 1 N–H and O–H groups in total. The van der Waals surface area contributed by atoms with Gasteiger partial charge in [-0.05, 0) is 64.2 Å². The van der Waals surface area contributed by atoms with E-state index >= 15 is 4.39 Å². The third-order valence-corrected chi connectivity index (χ3v) is 7.32. The van der Waals surface area contributed by atoms with E-state index in [9.17, 15) is 9.90 Å². The third kappa shape index (κ3) is 5.01. The summed E-state index contributed by atoms with van der Waals surface area (Å²) in [6.45, 7) is 5.45. The van der Waals surface area contributed by atoms with Gasteiger partial charge in [-0.1, -0.05) is 6.07 Å². The van der Waals surface area contributed by atoms with E-state index in [0.29, 0.717) is 24.1 Å². The number of amides is 1. The average Bonchev–Trinajstić information content (AvgIpc) is 3.31.